The van der Waals surface area contributed by atoms with E-state index in [-0.39, 0.29) is 12.2 Å². The van der Waals surface area contributed by atoms with Gasteiger partial charge in [0, 0.05) is 38.7 Å². The highest BCUT2D eigenvalue weighted by molar-refractivity contribution is 5.59. The Kier molecular flexibility index (Phi) is 4.47. The van der Waals surface area contributed by atoms with Crippen molar-refractivity contribution in [2.75, 3.05) is 36.0 Å². The van der Waals surface area contributed by atoms with Crippen molar-refractivity contribution < 1.29 is 14.3 Å². The summed E-state index contributed by atoms with van der Waals surface area (Å²) in [4.78, 5) is 15.3. The molecule has 2 bridgehead atoms. The Morgan fingerprint density at radius 2 is 1.80 bits per heavy atom. The lowest BCUT2D eigenvalue weighted by Gasteiger charge is -2.47. The van der Waals surface area contributed by atoms with E-state index >= 15 is 0 Å². The number of piperidine rings is 1. The highest BCUT2D eigenvalue weighted by atomic mass is 16.5. The van der Waals surface area contributed by atoms with Gasteiger partial charge in [0.2, 0.25) is 6.41 Å². The van der Waals surface area contributed by atoms with Gasteiger partial charge in [0.25, 0.3) is 0 Å². The van der Waals surface area contributed by atoms with E-state index < -0.39 is 0 Å². The Morgan fingerprint density at radius 3 is 2.44 bits per heavy atom. The van der Waals surface area contributed by atoms with Crippen molar-refractivity contribution in [2.45, 2.75) is 51.2 Å². The molecule has 5 heterocycles. The third-order valence-corrected chi connectivity index (χ3v) is 5.03. The molecular formula is C17H25N5O3. The first-order valence-electron chi connectivity index (χ1n) is 8.97. The molecule has 4 fully saturated rings. The van der Waals surface area contributed by atoms with E-state index in [9.17, 15) is 4.79 Å². The van der Waals surface area contributed by atoms with Crippen molar-refractivity contribution in [3.05, 3.63) is 11.8 Å². The van der Waals surface area contributed by atoms with Crippen LogP contribution < -0.4 is 15.1 Å². The van der Waals surface area contributed by atoms with E-state index in [0.717, 1.165) is 49.8 Å². The van der Waals surface area contributed by atoms with Crippen LogP contribution >= 0.6 is 0 Å². The number of hydrogen-bond acceptors (Lipinski definition) is 7. The van der Waals surface area contributed by atoms with Crippen LogP contribution in [0.3, 0.4) is 0 Å². The highest BCUT2D eigenvalue weighted by Gasteiger charge is 2.39. The zero-order valence-electron chi connectivity index (χ0n) is 14.7. The Hall–Kier alpha value is -1.93. The minimum atomic E-state index is 0.156. The smallest absolute Gasteiger partial charge is 0.207 e. The first-order valence-corrected chi connectivity index (χ1v) is 8.97. The van der Waals surface area contributed by atoms with E-state index in [1.165, 1.54) is 0 Å². The summed E-state index contributed by atoms with van der Waals surface area (Å²) in [6.07, 6.45) is 2.80. The molecule has 4 aliphatic heterocycles. The molecule has 0 aliphatic carbocycles. The Labute approximate surface area is 147 Å². The maximum Gasteiger partial charge on any atom is 0.207 e. The average molecular weight is 347 g/mol. The van der Waals surface area contributed by atoms with Crippen molar-refractivity contribution in [2.24, 2.45) is 0 Å². The van der Waals surface area contributed by atoms with Crippen LogP contribution in [0.1, 0.15) is 26.0 Å². The molecule has 4 unspecified atom stereocenters. The fraction of sp³-hybridized carbons (Fsp3) is 0.706. The van der Waals surface area contributed by atoms with Gasteiger partial charge < -0.3 is 24.6 Å². The molecule has 4 saturated heterocycles. The van der Waals surface area contributed by atoms with Crippen molar-refractivity contribution in [3.63, 3.8) is 0 Å². The number of carbonyl (C=O) groups is 1. The topological polar surface area (TPSA) is 79.8 Å². The molecule has 1 aromatic heterocycles. The number of morpholine rings is 2. The van der Waals surface area contributed by atoms with Gasteiger partial charge in [-0.25, -0.2) is 0 Å². The fourth-order valence-electron chi connectivity index (χ4n) is 4.01. The summed E-state index contributed by atoms with van der Waals surface area (Å²) in [5, 5.41) is 11.5. The minimum Gasteiger partial charge on any atom is -0.372 e. The quantitative estimate of drug-likeness (QED) is 0.768. The Bertz CT molecular complexity index is 617. The summed E-state index contributed by atoms with van der Waals surface area (Å²) in [5.74, 6) is 0.884. The molecule has 1 N–H and O–H groups in total. The fourth-order valence-corrected chi connectivity index (χ4v) is 4.01. The summed E-state index contributed by atoms with van der Waals surface area (Å²) in [7, 11) is 0. The second-order valence-corrected chi connectivity index (χ2v) is 7.22. The van der Waals surface area contributed by atoms with Crippen LogP contribution in [0.5, 0.6) is 0 Å². The summed E-state index contributed by atoms with van der Waals surface area (Å²) in [6, 6.07) is 2.10. The molecule has 1 amide bonds. The minimum absolute atomic E-state index is 0.156. The summed E-state index contributed by atoms with van der Waals surface area (Å²) in [5.41, 5.74) is 1.82. The molecule has 8 heteroatoms. The summed E-state index contributed by atoms with van der Waals surface area (Å²) >= 11 is 0. The van der Waals surface area contributed by atoms with Gasteiger partial charge in [-0.2, -0.15) is 0 Å². The second kappa shape index (κ2) is 6.76. The monoisotopic (exact) mass is 347 g/mol. The number of fused-ring (bicyclic) bond motifs is 2. The molecule has 0 radical (unpaired) electrons. The highest BCUT2D eigenvalue weighted by Crippen LogP contribution is 2.32. The number of aromatic nitrogens is 2. The van der Waals surface area contributed by atoms with Gasteiger partial charge in [0.1, 0.15) is 5.69 Å². The molecule has 8 nitrogen and oxygen atoms in total. The van der Waals surface area contributed by atoms with Gasteiger partial charge in [-0.1, -0.05) is 0 Å². The Balaban J connectivity index is 1.61. The molecule has 25 heavy (non-hydrogen) atoms. The lowest BCUT2D eigenvalue weighted by molar-refractivity contribution is -0.133. The van der Waals surface area contributed by atoms with Crippen molar-refractivity contribution in [3.8, 4) is 0 Å². The van der Waals surface area contributed by atoms with Crippen LogP contribution in [0, 0.1) is 0 Å². The van der Waals surface area contributed by atoms with Crippen LogP contribution in [0.15, 0.2) is 6.07 Å². The van der Waals surface area contributed by atoms with Gasteiger partial charge in [0.15, 0.2) is 5.82 Å². The molecule has 5 rings (SSSR count). The first-order chi connectivity index (χ1) is 12.1. The zero-order chi connectivity index (χ0) is 17.4. The largest absolute Gasteiger partial charge is 0.372 e. The maximum absolute atomic E-state index is 10.7. The van der Waals surface area contributed by atoms with Crippen LogP contribution in [0.2, 0.25) is 0 Å². The molecule has 1 aromatic rings. The molecule has 0 aromatic carbocycles. The number of carbonyl (C=O) groups excluding carboxylic acids is 1. The van der Waals surface area contributed by atoms with Crippen molar-refractivity contribution in [1.82, 2.24) is 15.5 Å². The number of hydrogen-bond donors (Lipinski definition) is 1. The normalized spacial score (nSPS) is 31.4. The van der Waals surface area contributed by atoms with Crippen LogP contribution in [-0.4, -0.2) is 67.2 Å². The van der Waals surface area contributed by atoms with Gasteiger partial charge in [-0.3, -0.25) is 4.79 Å². The molecule has 0 saturated carbocycles. The van der Waals surface area contributed by atoms with Crippen molar-refractivity contribution >= 4 is 17.9 Å². The number of nitrogens with one attached hydrogen (secondary N) is 1. The molecule has 4 aliphatic rings. The SMILES string of the molecule is CC1CN(c2cc(N3CC4CC(C3)O4)nnc2CNC=O)CC(C)O1. The Morgan fingerprint density at radius 1 is 1.12 bits per heavy atom. The predicted molar refractivity (Wildman–Crippen MR) is 92.6 cm³/mol. The van der Waals surface area contributed by atoms with E-state index in [2.05, 4.69) is 45.2 Å². The maximum atomic E-state index is 10.7. The van der Waals surface area contributed by atoms with Gasteiger partial charge in [-0.05, 0) is 13.8 Å². The molecule has 136 valence electrons. The summed E-state index contributed by atoms with van der Waals surface area (Å²) in [6.45, 7) is 7.88. The third kappa shape index (κ3) is 3.41. The number of nitrogens with zero attached hydrogens (tertiary/aromatic N) is 4. The second-order valence-electron chi connectivity index (χ2n) is 7.22. The van der Waals surface area contributed by atoms with E-state index in [1.807, 2.05) is 0 Å². The average Bonchev–Trinajstić information content (AvgIpc) is 2.58. The van der Waals surface area contributed by atoms with Crippen molar-refractivity contribution in [1.29, 1.82) is 0 Å². The van der Waals surface area contributed by atoms with Gasteiger partial charge in [-0.15, -0.1) is 10.2 Å². The number of ether oxygens (including phenoxy) is 2. The number of amides is 1. The van der Waals surface area contributed by atoms with Gasteiger partial charge in [0.05, 0.1) is 36.6 Å². The van der Waals surface area contributed by atoms with Crippen LogP contribution in [-0.2, 0) is 20.8 Å². The third-order valence-electron chi connectivity index (χ3n) is 5.03. The van der Waals surface area contributed by atoms with E-state index in [4.69, 9.17) is 9.47 Å². The molecule has 4 atom stereocenters. The molecular weight excluding hydrogens is 322 g/mol. The first kappa shape index (κ1) is 16.5. The van der Waals surface area contributed by atoms with Crippen LogP contribution in [0.4, 0.5) is 11.5 Å². The lowest BCUT2D eigenvalue weighted by atomic mass is 9.99. The lowest BCUT2D eigenvalue weighted by Crippen LogP contribution is -2.57. The summed E-state index contributed by atoms with van der Waals surface area (Å²) < 4.78 is 11.6. The van der Waals surface area contributed by atoms with E-state index in [1.54, 1.807) is 0 Å². The predicted octanol–water partition coefficient (Wildman–Crippen LogP) is 0.314. The number of anilines is 2. The standard InChI is InChI=1S/C17H25N5O3/c1-11-6-21(7-12(2)24-11)16-4-17(20-19-15(16)5-18-10-23)22-8-13-3-14(9-22)25-13/h4,10-14H,3,5-9H2,1-2H3,(H,18,23). The number of rotatable bonds is 5. The molecule has 0 spiro atoms. The zero-order valence-corrected chi connectivity index (χ0v) is 14.7. The van der Waals surface area contributed by atoms with E-state index in [0.29, 0.717) is 25.2 Å². The van der Waals surface area contributed by atoms with Crippen LogP contribution in [0.25, 0.3) is 0 Å². The van der Waals surface area contributed by atoms with Gasteiger partial charge >= 0.3 is 0 Å².